The van der Waals surface area contributed by atoms with E-state index in [1.54, 1.807) is 36.4 Å². The van der Waals surface area contributed by atoms with Gasteiger partial charge in [0.05, 0.1) is 22.8 Å². The van der Waals surface area contributed by atoms with E-state index in [9.17, 15) is 14.4 Å². The molecule has 0 radical (unpaired) electrons. The second-order valence-electron chi connectivity index (χ2n) is 8.33. The van der Waals surface area contributed by atoms with Crippen molar-refractivity contribution >= 4 is 17.7 Å². The molecule has 0 saturated carbocycles. The molecule has 4 rings (SSSR count). The number of ether oxygens (including phenoxy) is 3. The van der Waals surface area contributed by atoms with E-state index in [4.69, 9.17) is 14.2 Å². The zero-order chi connectivity index (χ0) is 24.2. The van der Waals surface area contributed by atoms with Crippen LogP contribution >= 0.6 is 0 Å². The van der Waals surface area contributed by atoms with Gasteiger partial charge in [0.15, 0.2) is 5.78 Å². The van der Waals surface area contributed by atoms with Crippen molar-refractivity contribution in [1.82, 2.24) is 0 Å². The Morgan fingerprint density at radius 2 is 1.32 bits per heavy atom. The molecule has 0 N–H and O–H groups in total. The summed E-state index contributed by atoms with van der Waals surface area (Å²) in [5.74, 6) is -0.734. The number of carbonyl (C=O) groups is 3. The van der Waals surface area contributed by atoms with Crippen LogP contribution in [0.5, 0.6) is 11.5 Å². The van der Waals surface area contributed by atoms with E-state index in [1.807, 2.05) is 32.9 Å². The summed E-state index contributed by atoms with van der Waals surface area (Å²) >= 11 is 0. The molecule has 1 aliphatic rings. The lowest BCUT2D eigenvalue weighted by atomic mass is 9.96. The van der Waals surface area contributed by atoms with Crippen LogP contribution in [0.2, 0.25) is 0 Å². The Balaban J connectivity index is 1.45. The van der Waals surface area contributed by atoms with E-state index >= 15 is 0 Å². The van der Waals surface area contributed by atoms with E-state index < -0.39 is 11.9 Å². The molecule has 34 heavy (non-hydrogen) atoms. The quantitative estimate of drug-likeness (QED) is 0.183. The third-order valence-electron chi connectivity index (χ3n) is 5.91. The number of ketones is 1. The number of epoxide rings is 1. The minimum atomic E-state index is -0.616. The van der Waals surface area contributed by atoms with Crippen molar-refractivity contribution in [1.29, 1.82) is 0 Å². The van der Waals surface area contributed by atoms with Gasteiger partial charge in [0, 0.05) is 11.5 Å². The van der Waals surface area contributed by atoms with Crippen LogP contribution in [0.4, 0.5) is 0 Å². The average Bonchev–Trinajstić information content (AvgIpc) is 3.59. The Morgan fingerprint density at radius 1 is 0.824 bits per heavy atom. The van der Waals surface area contributed by atoms with E-state index in [0.717, 1.165) is 5.56 Å². The van der Waals surface area contributed by atoms with Crippen LogP contribution in [0, 0.1) is 5.92 Å². The first-order valence-electron chi connectivity index (χ1n) is 11.3. The number of rotatable bonds is 8. The topological polar surface area (TPSA) is 82.2 Å². The summed E-state index contributed by atoms with van der Waals surface area (Å²) in [6.07, 6.45) is 0.711. The van der Waals surface area contributed by atoms with Crippen molar-refractivity contribution < 1.29 is 28.6 Å². The molecular weight excluding hydrogens is 432 g/mol. The van der Waals surface area contributed by atoms with Gasteiger partial charge in [-0.25, -0.2) is 9.59 Å². The van der Waals surface area contributed by atoms with E-state index in [-0.39, 0.29) is 35.2 Å². The molecule has 0 spiro atoms. The monoisotopic (exact) mass is 458 g/mol. The lowest BCUT2D eigenvalue weighted by Crippen LogP contribution is -2.15. The molecule has 6 heteroatoms. The Hall–Kier alpha value is -3.77. The van der Waals surface area contributed by atoms with Crippen LogP contribution in [0.25, 0.3) is 0 Å². The molecule has 0 aliphatic carbocycles. The highest BCUT2D eigenvalue weighted by molar-refractivity contribution is 6.01. The fourth-order valence-electron chi connectivity index (χ4n) is 3.59. The second-order valence-corrected chi connectivity index (χ2v) is 8.33. The van der Waals surface area contributed by atoms with Crippen LogP contribution in [0.3, 0.4) is 0 Å². The Morgan fingerprint density at radius 3 is 1.88 bits per heavy atom. The summed E-state index contributed by atoms with van der Waals surface area (Å²) in [4.78, 5) is 38.0. The third kappa shape index (κ3) is 5.07. The van der Waals surface area contributed by atoms with Gasteiger partial charge in [-0.05, 0) is 55.8 Å². The van der Waals surface area contributed by atoms with E-state index in [2.05, 4.69) is 0 Å². The maximum atomic E-state index is 12.7. The molecule has 0 amide bonds. The van der Waals surface area contributed by atoms with Gasteiger partial charge < -0.3 is 14.2 Å². The maximum Gasteiger partial charge on any atom is 0.343 e. The number of carbonyl (C=O) groups excluding carboxylic acids is 3. The zero-order valence-corrected chi connectivity index (χ0v) is 19.3. The van der Waals surface area contributed by atoms with Gasteiger partial charge in [-0.2, -0.15) is 0 Å². The Kier molecular flexibility index (Phi) is 6.89. The fraction of sp³-hybridized carbons (Fsp3) is 0.250. The molecular formula is C28H26O6. The number of esters is 2. The molecule has 6 nitrogen and oxygen atoms in total. The van der Waals surface area contributed by atoms with Gasteiger partial charge in [-0.15, -0.1) is 0 Å². The minimum absolute atomic E-state index is 0.0729. The van der Waals surface area contributed by atoms with E-state index in [0.29, 0.717) is 23.3 Å². The second kappa shape index (κ2) is 10.0. The molecule has 0 aromatic heterocycles. The van der Waals surface area contributed by atoms with Crippen LogP contribution < -0.4 is 9.47 Å². The average molecular weight is 459 g/mol. The molecule has 1 saturated heterocycles. The first-order valence-corrected chi connectivity index (χ1v) is 11.3. The normalized spacial score (nSPS) is 17.5. The summed E-state index contributed by atoms with van der Waals surface area (Å²) < 4.78 is 16.6. The molecule has 1 heterocycles. The molecule has 174 valence electrons. The van der Waals surface area contributed by atoms with Crippen LogP contribution in [-0.4, -0.2) is 23.8 Å². The standard InChI is InChI=1S/C28H26O6/c1-4-17(2)25(29)21-9-5-7-11-23(21)33-27(30)19-13-15-20(16-14-19)28(31)34-24-12-8-6-10-22(24)26-18(3)32-26/h5-18,26H,4H2,1-3H3. The lowest BCUT2D eigenvalue weighted by Gasteiger charge is -2.12. The largest absolute Gasteiger partial charge is 0.423 e. The van der Waals surface area contributed by atoms with Gasteiger partial charge in [-0.3, -0.25) is 4.79 Å². The summed E-state index contributed by atoms with van der Waals surface area (Å²) in [5.41, 5.74) is 1.75. The Bertz CT molecular complexity index is 1210. The molecule has 3 unspecified atom stereocenters. The summed E-state index contributed by atoms with van der Waals surface area (Å²) in [6, 6.07) is 20.0. The highest BCUT2D eigenvalue weighted by atomic mass is 16.6. The summed E-state index contributed by atoms with van der Waals surface area (Å²) in [5, 5.41) is 0. The van der Waals surface area contributed by atoms with Crippen molar-refractivity contribution in [2.24, 2.45) is 5.92 Å². The Labute approximate surface area is 198 Å². The predicted octanol–water partition coefficient (Wildman–Crippen LogP) is 5.81. The fourth-order valence-corrected chi connectivity index (χ4v) is 3.59. The highest BCUT2D eigenvalue weighted by Gasteiger charge is 2.38. The van der Waals surface area contributed by atoms with Crippen LogP contribution in [0.15, 0.2) is 72.8 Å². The molecule has 1 aliphatic heterocycles. The number of para-hydroxylation sites is 2. The number of Topliss-reactive ketones (excluding diaryl/α,β-unsaturated/α-hetero) is 1. The SMILES string of the molecule is CCC(C)C(=O)c1ccccc1OC(=O)c1ccc(C(=O)Oc2ccccc2C2OC2C)cc1. The van der Waals surface area contributed by atoms with E-state index in [1.165, 1.54) is 24.3 Å². The molecule has 0 bridgehead atoms. The highest BCUT2D eigenvalue weighted by Crippen LogP contribution is 2.42. The predicted molar refractivity (Wildman–Crippen MR) is 126 cm³/mol. The zero-order valence-electron chi connectivity index (χ0n) is 19.3. The lowest BCUT2D eigenvalue weighted by molar-refractivity contribution is 0.0716. The van der Waals surface area contributed by atoms with Crippen molar-refractivity contribution in [3.8, 4) is 11.5 Å². The van der Waals surface area contributed by atoms with Gasteiger partial charge in [0.2, 0.25) is 0 Å². The molecule has 1 fully saturated rings. The molecule has 3 aromatic carbocycles. The number of benzene rings is 3. The van der Waals surface area contributed by atoms with Crippen molar-refractivity contribution in [2.75, 3.05) is 0 Å². The smallest absolute Gasteiger partial charge is 0.343 e. The van der Waals surface area contributed by atoms with Crippen molar-refractivity contribution in [2.45, 2.75) is 39.4 Å². The molecule has 3 atom stereocenters. The van der Waals surface area contributed by atoms with Gasteiger partial charge in [0.25, 0.3) is 0 Å². The summed E-state index contributed by atoms with van der Waals surface area (Å²) in [7, 11) is 0. The minimum Gasteiger partial charge on any atom is -0.423 e. The number of hydrogen-bond acceptors (Lipinski definition) is 6. The van der Waals surface area contributed by atoms with Gasteiger partial charge in [0.1, 0.15) is 17.6 Å². The van der Waals surface area contributed by atoms with Crippen molar-refractivity contribution in [3.63, 3.8) is 0 Å². The van der Waals surface area contributed by atoms with Crippen LogP contribution in [0.1, 0.15) is 69.9 Å². The van der Waals surface area contributed by atoms with Crippen molar-refractivity contribution in [3.05, 3.63) is 95.1 Å². The summed E-state index contributed by atoms with van der Waals surface area (Å²) in [6.45, 7) is 5.73. The van der Waals surface area contributed by atoms with Gasteiger partial charge >= 0.3 is 11.9 Å². The number of hydrogen-bond donors (Lipinski definition) is 0. The third-order valence-corrected chi connectivity index (χ3v) is 5.91. The molecule has 3 aromatic rings. The van der Waals surface area contributed by atoms with Crippen LogP contribution in [-0.2, 0) is 4.74 Å². The first kappa shape index (κ1) is 23.4. The van der Waals surface area contributed by atoms with Gasteiger partial charge in [-0.1, -0.05) is 44.2 Å². The maximum absolute atomic E-state index is 12.7. The first-order chi connectivity index (χ1) is 16.4.